The molecule has 2 aromatic carbocycles. The first kappa shape index (κ1) is 25.8. The third-order valence-electron chi connectivity index (χ3n) is 7.69. The van der Waals surface area contributed by atoms with Gasteiger partial charge in [0.05, 0.1) is 22.4 Å². The summed E-state index contributed by atoms with van der Waals surface area (Å²) in [5.41, 5.74) is 4.53. The van der Waals surface area contributed by atoms with E-state index in [2.05, 4.69) is 52.1 Å². The van der Waals surface area contributed by atoms with E-state index in [1.165, 1.54) is 18.6 Å². The van der Waals surface area contributed by atoms with Crippen LogP contribution in [0.2, 0.25) is 5.02 Å². The summed E-state index contributed by atoms with van der Waals surface area (Å²) in [5, 5.41) is 4.81. The summed E-state index contributed by atoms with van der Waals surface area (Å²) in [5.74, 6) is 0.965. The molecule has 39 heavy (non-hydrogen) atoms. The van der Waals surface area contributed by atoms with Gasteiger partial charge in [0.15, 0.2) is 5.11 Å². The van der Waals surface area contributed by atoms with Crippen LogP contribution in [0, 0.1) is 17.7 Å². The van der Waals surface area contributed by atoms with Crippen LogP contribution in [0.1, 0.15) is 43.7 Å². The maximum Gasteiger partial charge on any atom is 0.174 e. The second-order valence-electron chi connectivity index (χ2n) is 10.8. The maximum absolute atomic E-state index is 14.2. The predicted octanol–water partition coefficient (Wildman–Crippen LogP) is 7.32. The molecule has 2 aliphatic rings. The van der Waals surface area contributed by atoms with Crippen LogP contribution in [-0.2, 0) is 0 Å². The lowest BCUT2D eigenvalue weighted by Gasteiger charge is -2.37. The molecule has 0 unspecified atom stereocenters. The number of hydrogen-bond donors (Lipinski definition) is 1. The van der Waals surface area contributed by atoms with Crippen molar-refractivity contribution in [2.24, 2.45) is 11.8 Å². The van der Waals surface area contributed by atoms with Gasteiger partial charge in [-0.2, -0.15) is 0 Å². The Morgan fingerprint density at radius 1 is 0.949 bits per heavy atom. The summed E-state index contributed by atoms with van der Waals surface area (Å²) in [6, 6.07) is 22.3. The van der Waals surface area contributed by atoms with Gasteiger partial charge >= 0.3 is 0 Å². The molecular weight excluding hydrogens is 529 g/mol. The number of aromatic nitrogens is 2. The molecule has 0 radical (unpaired) electrons. The minimum absolute atomic E-state index is 0.219. The van der Waals surface area contributed by atoms with E-state index in [9.17, 15) is 4.39 Å². The number of pyridine rings is 1. The minimum atomic E-state index is -0.283. The normalized spacial score (nSPS) is 23.2. The second kappa shape index (κ2) is 10.6. The van der Waals surface area contributed by atoms with E-state index in [1.807, 2.05) is 47.2 Å². The van der Waals surface area contributed by atoms with Crippen molar-refractivity contribution in [2.45, 2.75) is 32.4 Å². The van der Waals surface area contributed by atoms with E-state index in [0.717, 1.165) is 41.5 Å². The molecule has 0 saturated carbocycles. The minimum Gasteiger partial charge on any atom is -0.370 e. The Labute approximate surface area is 239 Å². The van der Waals surface area contributed by atoms with Crippen LogP contribution in [0.5, 0.6) is 0 Å². The van der Waals surface area contributed by atoms with Crippen LogP contribution in [0.15, 0.2) is 85.2 Å². The Bertz CT molecular complexity index is 1480. The summed E-state index contributed by atoms with van der Waals surface area (Å²) in [6.45, 7) is 6.60. The molecule has 2 saturated heterocycles. The van der Waals surface area contributed by atoms with Gasteiger partial charge in [-0.25, -0.2) is 4.39 Å². The first-order chi connectivity index (χ1) is 18.9. The number of piperidine rings is 1. The highest BCUT2D eigenvalue weighted by Gasteiger charge is 2.42. The SMILES string of the molecule is C[C@@H]1C[C@H](C)CN(c2ccc(N3C(=S)N[C@H](c4ccccn4)[C@@H]3c3cccn3-c3cccc(F)c3)cc2Cl)C1. The zero-order valence-electron chi connectivity index (χ0n) is 22.0. The third kappa shape index (κ3) is 5.01. The molecule has 200 valence electrons. The molecule has 2 aliphatic heterocycles. The van der Waals surface area contributed by atoms with Gasteiger partial charge in [-0.15, -0.1) is 0 Å². The molecule has 0 aliphatic carbocycles. The van der Waals surface area contributed by atoms with Crippen molar-refractivity contribution in [2.75, 3.05) is 22.9 Å². The molecule has 1 N–H and O–H groups in total. The van der Waals surface area contributed by atoms with Crippen LogP contribution in [0.3, 0.4) is 0 Å². The number of nitrogens with one attached hydrogen (secondary N) is 1. The quantitative estimate of drug-likeness (QED) is 0.259. The fraction of sp³-hybridized carbons (Fsp3) is 0.290. The molecule has 6 rings (SSSR count). The molecule has 0 amide bonds. The molecule has 5 nitrogen and oxygen atoms in total. The Morgan fingerprint density at radius 2 is 1.77 bits per heavy atom. The Hall–Kier alpha value is -3.42. The molecule has 0 bridgehead atoms. The van der Waals surface area contributed by atoms with Crippen molar-refractivity contribution in [3.05, 3.63) is 107 Å². The molecule has 2 fully saturated rings. The lowest BCUT2D eigenvalue weighted by Crippen LogP contribution is -2.38. The van der Waals surface area contributed by atoms with Crippen molar-refractivity contribution >= 4 is 40.3 Å². The van der Waals surface area contributed by atoms with Gasteiger partial charge < -0.3 is 19.7 Å². The predicted molar refractivity (Wildman–Crippen MR) is 160 cm³/mol. The molecule has 4 atom stereocenters. The Morgan fingerprint density at radius 3 is 2.49 bits per heavy atom. The van der Waals surface area contributed by atoms with Gasteiger partial charge in [0.1, 0.15) is 11.9 Å². The highest BCUT2D eigenvalue weighted by atomic mass is 35.5. The van der Waals surface area contributed by atoms with Crippen LogP contribution in [0.25, 0.3) is 5.69 Å². The smallest absolute Gasteiger partial charge is 0.174 e. The van der Waals surface area contributed by atoms with Crippen LogP contribution in [0.4, 0.5) is 15.8 Å². The van der Waals surface area contributed by atoms with Crippen molar-refractivity contribution in [1.82, 2.24) is 14.9 Å². The number of hydrogen-bond acceptors (Lipinski definition) is 3. The zero-order valence-corrected chi connectivity index (χ0v) is 23.5. The number of anilines is 2. The highest BCUT2D eigenvalue weighted by Crippen LogP contribution is 2.44. The van der Waals surface area contributed by atoms with Crippen molar-refractivity contribution in [3.63, 3.8) is 0 Å². The van der Waals surface area contributed by atoms with Crippen molar-refractivity contribution in [1.29, 1.82) is 0 Å². The van der Waals surface area contributed by atoms with E-state index in [0.29, 0.717) is 22.0 Å². The van der Waals surface area contributed by atoms with Crippen molar-refractivity contribution in [3.8, 4) is 5.69 Å². The fourth-order valence-corrected chi connectivity index (χ4v) is 6.83. The van der Waals surface area contributed by atoms with Gasteiger partial charge in [-0.1, -0.05) is 37.6 Å². The number of benzene rings is 2. The molecule has 4 heterocycles. The van der Waals surface area contributed by atoms with E-state index in [-0.39, 0.29) is 17.9 Å². The number of thiocarbonyl (C=S) groups is 1. The van der Waals surface area contributed by atoms with Gasteiger partial charge in [0.2, 0.25) is 0 Å². The molecule has 0 spiro atoms. The first-order valence-electron chi connectivity index (χ1n) is 13.4. The Balaban J connectivity index is 1.43. The number of nitrogens with zero attached hydrogens (tertiary/aromatic N) is 4. The van der Waals surface area contributed by atoms with Crippen LogP contribution < -0.4 is 15.1 Å². The van der Waals surface area contributed by atoms with E-state index >= 15 is 0 Å². The summed E-state index contributed by atoms with van der Waals surface area (Å²) in [7, 11) is 0. The van der Waals surface area contributed by atoms with Crippen LogP contribution in [-0.4, -0.2) is 27.8 Å². The first-order valence-corrected chi connectivity index (χ1v) is 14.2. The molecular formula is C31H31ClFN5S. The number of rotatable bonds is 5. The van der Waals surface area contributed by atoms with Gasteiger partial charge in [0.25, 0.3) is 0 Å². The number of halogens is 2. The summed E-state index contributed by atoms with van der Waals surface area (Å²) in [6.07, 6.45) is 4.98. The summed E-state index contributed by atoms with van der Waals surface area (Å²) in [4.78, 5) is 9.16. The average Bonchev–Trinajstić information content (AvgIpc) is 3.53. The third-order valence-corrected chi connectivity index (χ3v) is 8.30. The topological polar surface area (TPSA) is 36.3 Å². The highest BCUT2D eigenvalue weighted by molar-refractivity contribution is 7.80. The van der Waals surface area contributed by atoms with E-state index in [4.69, 9.17) is 23.8 Å². The second-order valence-corrected chi connectivity index (χ2v) is 11.6. The summed E-state index contributed by atoms with van der Waals surface area (Å²) < 4.78 is 16.2. The van der Waals surface area contributed by atoms with Gasteiger partial charge in [0, 0.05) is 42.6 Å². The Kier molecular flexibility index (Phi) is 7.04. The van der Waals surface area contributed by atoms with Crippen LogP contribution >= 0.6 is 23.8 Å². The van der Waals surface area contributed by atoms with E-state index < -0.39 is 0 Å². The van der Waals surface area contributed by atoms with Gasteiger partial charge in [-0.05, 0) is 91.1 Å². The largest absolute Gasteiger partial charge is 0.370 e. The zero-order chi connectivity index (χ0) is 27.1. The average molecular weight is 560 g/mol. The lowest BCUT2D eigenvalue weighted by atomic mass is 9.91. The lowest BCUT2D eigenvalue weighted by molar-refractivity contribution is 0.357. The summed E-state index contributed by atoms with van der Waals surface area (Å²) >= 11 is 12.9. The van der Waals surface area contributed by atoms with Gasteiger partial charge in [-0.3, -0.25) is 4.98 Å². The molecule has 4 aromatic rings. The van der Waals surface area contributed by atoms with Crippen molar-refractivity contribution < 1.29 is 4.39 Å². The maximum atomic E-state index is 14.2. The standard InChI is InChI=1S/C31H31ClFN5S/c1-20-15-21(2)19-36(18-20)27-12-11-24(17-25(27)32)38-30(29(35-31(38)39)26-9-3-4-13-34-26)28-10-6-14-37(28)23-8-5-7-22(33)16-23/h3-14,16-17,20-21,29-30H,15,18-19H2,1-2H3,(H,35,39)/t20-,21+,29-,30+/m1/s1. The van der Waals surface area contributed by atoms with E-state index in [1.54, 1.807) is 12.3 Å². The molecule has 2 aromatic heterocycles. The monoisotopic (exact) mass is 559 g/mol. The molecule has 8 heteroatoms. The fourth-order valence-electron chi connectivity index (χ4n) is 6.19.